The molecule has 0 saturated carbocycles. The van der Waals surface area contributed by atoms with Crippen LogP contribution < -0.4 is 5.32 Å². The number of likely N-dealkylation sites (N-methyl/N-ethyl adjacent to an activating group) is 1. The van der Waals surface area contributed by atoms with Gasteiger partial charge in [0.1, 0.15) is 11.6 Å². The Hall–Kier alpha value is -1.04. The molecule has 1 N–H and O–H groups in total. The van der Waals surface area contributed by atoms with E-state index in [2.05, 4.69) is 5.32 Å². The lowest BCUT2D eigenvalue weighted by molar-refractivity contribution is -0.155. The smallest absolute Gasteiger partial charge is 0.176 e. The molecule has 0 aliphatic carbocycles. The Labute approximate surface area is 112 Å². The zero-order valence-corrected chi connectivity index (χ0v) is 11.6. The maximum atomic E-state index is 13.9. The highest BCUT2D eigenvalue weighted by Crippen LogP contribution is 2.24. The molecule has 0 bridgehead atoms. The summed E-state index contributed by atoms with van der Waals surface area (Å²) in [4.78, 5) is 0. The van der Waals surface area contributed by atoms with Crippen LogP contribution in [0.15, 0.2) is 18.2 Å². The summed E-state index contributed by atoms with van der Waals surface area (Å²) in [6.45, 7) is 7.12. The molecule has 19 heavy (non-hydrogen) atoms. The van der Waals surface area contributed by atoms with Crippen molar-refractivity contribution in [3.05, 3.63) is 35.4 Å². The summed E-state index contributed by atoms with van der Waals surface area (Å²) in [5.41, 5.74) is 0.343. The predicted molar refractivity (Wildman–Crippen MR) is 69.8 cm³/mol. The molecule has 0 radical (unpaired) electrons. The molecule has 0 saturated heterocycles. The van der Waals surface area contributed by atoms with Crippen LogP contribution in [0.3, 0.4) is 0 Å². The van der Waals surface area contributed by atoms with Gasteiger partial charge in [0.2, 0.25) is 0 Å². The van der Waals surface area contributed by atoms with Crippen LogP contribution in [0, 0.1) is 11.6 Å². The van der Waals surface area contributed by atoms with E-state index >= 15 is 0 Å². The average Bonchev–Trinajstić information content (AvgIpc) is 2.37. The maximum Gasteiger partial charge on any atom is 0.176 e. The summed E-state index contributed by atoms with van der Waals surface area (Å²) in [6, 6.07) is 3.06. The van der Waals surface area contributed by atoms with E-state index in [1.54, 1.807) is 0 Å². The maximum absolute atomic E-state index is 13.9. The van der Waals surface area contributed by atoms with Gasteiger partial charge in [0.15, 0.2) is 6.29 Å². The van der Waals surface area contributed by atoms with E-state index in [-0.39, 0.29) is 0 Å². The summed E-state index contributed by atoms with van der Waals surface area (Å²) < 4.78 is 37.8. The van der Waals surface area contributed by atoms with Crippen molar-refractivity contribution >= 4 is 0 Å². The minimum Gasteiger partial charge on any atom is -0.351 e. The average molecular weight is 273 g/mol. The van der Waals surface area contributed by atoms with Crippen molar-refractivity contribution in [1.82, 2.24) is 5.32 Å². The predicted octanol–water partition coefficient (Wildman–Crippen LogP) is 3.01. The third-order valence-electron chi connectivity index (χ3n) is 2.66. The second-order valence-corrected chi connectivity index (χ2v) is 3.98. The number of hydrogen-bond acceptors (Lipinski definition) is 3. The Morgan fingerprint density at radius 3 is 2.21 bits per heavy atom. The molecule has 108 valence electrons. The molecule has 1 atom stereocenters. The van der Waals surface area contributed by atoms with Gasteiger partial charge in [0.05, 0.1) is 6.04 Å². The van der Waals surface area contributed by atoms with E-state index in [4.69, 9.17) is 9.47 Å². The number of halogens is 2. The Morgan fingerprint density at radius 1 is 1.11 bits per heavy atom. The molecule has 0 heterocycles. The van der Waals surface area contributed by atoms with Crippen molar-refractivity contribution in [1.29, 1.82) is 0 Å². The van der Waals surface area contributed by atoms with Gasteiger partial charge in [-0.3, -0.25) is 0 Å². The summed E-state index contributed by atoms with van der Waals surface area (Å²) in [6.07, 6.45) is -0.602. The number of rotatable bonds is 8. The van der Waals surface area contributed by atoms with E-state index in [9.17, 15) is 8.78 Å². The molecule has 1 aromatic rings. The van der Waals surface area contributed by atoms with Crippen molar-refractivity contribution in [3.63, 3.8) is 0 Å². The molecule has 0 aromatic heterocycles. The highest BCUT2D eigenvalue weighted by atomic mass is 19.1. The molecule has 0 aliphatic rings. The monoisotopic (exact) mass is 273 g/mol. The van der Waals surface area contributed by atoms with Crippen molar-refractivity contribution < 1.29 is 18.3 Å². The van der Waals surface area contributed by atoms with Crippen LogP contribution in [0.2, 0.25) is 0 Å². The molecule has 0 spiro atoms. The van der Waals surface area contributed by atoms with Crippen molar-refractivity contribution in [3.8, 4) is 0 Å². The first-order valence-corrected chi connectivity index (χ1v) is 6.55. The van der Waals surface area contributed by atoms with Gasteiger partial charge in [-0.05, 0) is 26.5 Å². The Bertz CT molecular complexity index is 382. The fraction of sp³-hybridized carbons (Fsp3) is 0.571. The molecule has 5 heteroatoms. The molecule has 3 nitrogen and oxygen atoms in total. The number of hydrogen-bond donors (Lipinski definition) is 1. The zero-order chi connectivity index (χ0) is 14.3. The van der Waals surface area contributed by atoms with Crippen LogP contribution in [0.25, 0.3) is 0 Å². The Kier molecular flexibility index (Phi) is 6.91. The minimum absolute atomic E-state index is 0.343. The van der Waals surface area contributed by atoms with E-state index in [1.165, 1.54) is 12.1 Å². The summed E-state index contributed by atoms with van der Waals surface area (Å²) in [7, 11) is 0. The van der Waals surface area contributed by atoms with Crippen molar-refractivity contribution in [2.24, 2.45) is 0 Å². The zero-order valence-electron chi connectivity index (χ0n) is 11.6. The molecule has 1 unspecified atom stereocenters. The van der Waals surface area contributed by atoms with Gasteiger partial charge >= 0.3 is 0 Å². The van der Waals surface area contributed by atoms with Crippen LogP contribution in [0.4, 0.5) is 8.78 Å². The molecule has 0 fully saturated rings. The molecule has 1 rings (SSSR count). The van der Waals surface area contributed by atoms with Gasteiger partial charge in [0.25, 0.3) is 0 Å². The molecule has 0 aliphatic heterocycles. The van der Waals surface area contributed by atoms with Crippen LogP contribution in [-0.4, -0.2) is 26.0 Å². The largest absolute Gasteiger partial charge is 0.351 e. The molecular weight excluding hydrogens is 252 g/mol. The molecule has 1 aromatic carbocycles. The lowest BCUT2D eigenvalue weighted by Gasteiger charge is -2.28. The fourth-order valence-electron chi connectivity index (χ4n) is 1.90. The molecular formula is C14H21F2NO2. The van der Waals surface area contributed by atoms with Crippen molar-refractivity contribution in [2.45, 2.75) is 33.1 Å². The van der Waals surface area contributed by atoms with E-state index < -0.39 is 24.0 Å². The number of ether oxygens (including phenoxy) is 2. The third kappa shape index (κ3) is 4.53. The first kappa shape index (κ1) is 16.0. The van der Waals surface area contributed by atoms with E-state index in [0.29, 0.717) is 25.3 Å². The van der Waals surface area contributed by atoms with Crippen LogP contribution in [0.1, 0.15) is 32.4 Å². The van der Waals surface area contributed by atoms with Gasteiger partial charge in [-0.2, -0.15) is 0 Å². The van der Waals surface area contributed by atoms with Crippen LogP contribution >= 0.6 is 0 Å². The SMILES string of the molecule is CCNC(c1ccc(F)cc1F)C(OCC)OCC. The summed E-state index contributed by atoms with van der Waals surface area (Å²) >= 11 is 0. The van der Waals surface area contributed by atoms with Gasteiger partial charge < -0.3 is 14.8 Å². The van der Waals surface area contributed by atoms with Gasteiger partial charge in [0, 0.05) is 24.8 Å². The lowest BCUT2D eigenvalue weighted by Crippen LogP contribution is -2.36. The normalized spacial score (nSPS) is 12.9. The van der Waals surface area contributed by atoms with Crippen molar-refractivity contribution in [2.75, 3.05) is 19.8 Å². The topological polar surface area (TPSA) is 30.5 Å². The molecule has 0 amide bonds. The number of nitrogens with one attached hydrogen (secondary N) is 1. The third-order valence-corrected chi connectivity index (χ3v) is 2.66. The van der Waals surface area contributed by atoms with E-state index in [0.717, 1.165) is 6.07 Å². The first-order chi connectivity index (χ1) is 9.13. The van der Waals surface area contributed by atoms with E-state index in [1.807, 2.05) is 20.8 Å². The van der Waals surface area contributed by atoms with Gasteiger partial charge in [-0.25, -0.2) is 8.78 Å². The summed E-state index contributed by atoms with van der Waals surface area (Å²) in [5, 5.41) is 3.12. The quantitative estimate of drug-likeness (QED) is 0.739. The highest BCUT2D eigenvalue weighted by Gasteiger charge is 2.26. The number of benzene rings is 1. The Morgan fingerprint density at radius 2 is 1.74 bits per heavy atom. The van der Waals surface area contributed by atoms with Gasteiger partial charge in [-0.1, -0.05) is 13.0 Å². The second-order valence-electron chi connectivity index (χ2n) is 3.98. The highest BCUT2D eigenvalue weighted by molar-refractivity contribution is 5.22. The van der Waals surface area contributed by atoms with Crippen LogP contribution in [-0.2, 0) is 9.47 Å². The minimum atomic E-state index is -0.602. The van der Waals surface area contributed by atoms with Gasteiger partial charge in [-0.15, -0.1) is 0 Å². The second kappa shape index (κ2) is 8.19. The standard InChI is InChI=1S/C14H21F2NO2/c1-4-17-13(14(18-5-2)19-6-3)11-8-7-10(15)9-12(11)16/h7-9,13-14,17H,4-6H2,1-3H3. The fourth-order valence-corrected chi connectivity index (χ4v) is 1.90. The Balaban J connectivity index is 3.02. The first-order valence-electron chi connectivity index (χ1n) is 6.55. The van der Waals surface area contributed by atoms with Crippen LogP contribution in [0.5, 0.6) is 0 Å². The summed E-state index contributed by atoms with van der Waals surface area (Å²) in [5.74, 6) is -1.20. The lowest BCUT2D eigenvalue weighted by atomic mass is 10.1.